The van der Waals surface area contributed by atoms with Gasteiger partial charge in [0.15, 0.2) is 0 Å². The van der Waals surface area contributed by atoms with Crippen LogP contribution in [0.2, 0.25) is 0 Å². The Morgan fingerprint density at radius 1 is 1.06 bits per heavy atom. The van der Waals surface area contributed by atoms with Crippen LogP contribution in [0.4, 0.5) is 0 Å². The van der Waals surface area contributed by atoms with Gasteiger partial charge in [0.1, 0.15) is 11.5 Å². The first-order chi connectivity index (χ1) is 16.5. The predicted octanol–water partition coefficient (Wildman–Crippen LogP) is 5.92. The van der Waals surface area contributed by atoms with Crippen LogP contribution in [-0.2, 0) is 6.54 Å². The van der Waals surface area contributed by atoms with Crippen molar-refractivity contribution >= 4 is 0 Å². The summed E-state index contributed by atoms with van der Waals surface area (Å²) in [6, 6.07) is 18.3. The lowest BCUT2D eigenvalue weighted by molar-refractivity contribution is 0.0960. The molecule has 1 saturated carbocycles. The first-order valence-corrected chi connectivity index (χ1v) is 12.4. The summed E-state index contributed by atoms with van der Waals surface area (Å²) in [7, 11) is 1.67. The van der Waals surface area contributed by atoms with Crippen LogP contribution >= 0.6 is 0 Å². The van der Waals surface area contributed by atoms with Gasteiger partial charge in [0.2, 0.25) is 5.88 Å². The van der Waals surface area contributed by atoms with Gasteiger partial charge in [-0.1, -0.05) is 45.4 Å². The third-order valence-electron chi connectivity index (χ3n) is 6.28. The van der Waals surface area contributed by atoms with Gasteiger partial charge >= 0.3 is 0 Å². The zero-order valence-electron chi connectivity index (χ0n) is 20.8. The molecule has 6 heteroatoms. The van der Waals surface area contributed by atoms with Crippen LogP contribution in [0, 0.1) is 0 Å². The molecule has 0 bridgehead atoms. The Balaban J connectivity index is 1.76. The standard InChI is InChI=1S/C28H37N3O3/c1-5-9-23(32)18-30(21-12-13-21)19-26-27(20(2)3)29-31(22-14-16-24(33-4)17-15-22)28(26)34-25-10-7-6-8-11-25/h6-8,10-11,14-17,20-21,23,32H,5,9,12-13,18-19H2,1-4H3/t23-/m0/s1. The first-order valence-electron chi connectivity index (χ1n) is 12.4. The molecule has 1 heterocycles. The molecular formula is C28H37N3O3. The van der Waals surface area contributed by atoms with Crippen molar-refractivity contribution in [2.75, 3.05) is 13.7 Å². The van der Waals surface area contributed by atoms with E-state index in [0.29, 0.717) is 19.1 Å². The Labute approximate surface area is 203 Å². The fourth-order valence-electron chi connectivity index (χ4n) is 4.35. The number of aliphatic hydroxyl groups excluding tert-OH is 1. The minimum Gasteiger partial charge on any atom is -0.497 e. The molecule has 182 valence electrons. The number of aliphatic hydroxyl groups is 1. The molecule has 1 aromatic heterocycles. The maximum Gasteiger partial charge on any atom is 0.227 e. The van der Waals surface area contributed by atoms with E-state index < -0.39 is 0 Å². The quantitative estimate of drug-likeness (QED) is 0.361. The largest absolute Gasteiger partial charge is 0.497 e. The Morgan fingerprint density at radius 3 is 2.35 bits per heavy atom. The maximum absolute atomic E-state index is 10.6. The van der Waals surface area contributed by atoms with Crippen LogP contribution in [0.5, 0.6) is 17.4 Å². The lowest BCUT2D eigenvalue weighted by Gasteiger charge is -2.25. The zero-order chi connectivity index (χ0) is 24.1. The highest BCUT2D eigenvalue weighted by Gasteiger charge is 2.33. The molecule has 1 aliphatic rings. The fourth-order valence-corrected chi connectivity index (χ4v) is 4.35. The first kappa shape index (κ1) is 24.3. The Kier molecular flexibility index (Phi) is 7.91. The van der Waals surface area contributed by atoms with Crippen molar-refractivity contribution in [3.8, 4) is 23.1 Å². The molecule has 0 unspecified atom stereocenters. The second-order valence-corrected chi connectivity index (χ2v) is 9.45. The van der Waals surface area contributed by atoms with Crippen molar-refractivity contribution in [1.29, 1.82) is 0 Å². The summed E-state index contributed by atoms with van der Waals surface area (Å²) in [5, 5.41) is 15.6. The minimum atomic E-state index is -0.316. The number of ether oxygens (including phenoxy) is 2. The molecule has 0 saturated heterocycles. The zero-order valence-corrected chi connectivity index (χ0v) is 20.8. The third kappa shape index (κ3) is 5.80. The number of hydrogen-bond acceptors (Lipinski definition) is 5. The van der Waals surface area contributed by atoms with Gasteiger partial charge in [0.25, 0.3) is 0 Å². The number of aromatic nitrogens is 2. The van der Waals surface area contributed by atoms with Crippen molar-refractivity contribution < 1.29 is 14.6 Å². The number of nitrogens with zero attached hydrogens (tertiary/aromatic N) is 3. The van der Waals surface area contributed by atoms with Crippen LogP contribution in [0.25, 0.3) is 5.69 Å². The van der Waals surface area contributed by atoms with Crippen molar-refractivity contribution in [2.45, 2.75) is 71.1 Å². The van der Waals surface area contributed by atoms with E-state index in [1.54, 1.807) is 7.11 Å². The Morgan fingerprint density at radius 2 is 1.76 bits per heavy atom. The van der Waals surface area contributed by atoms with Crippen LogP contribution in [0.3, 0.4) is 0 Å². The van der Waals surface area contributed by atoms with E-state index in [0.717, 1.165) is 47.2 Å². The molecule has 3 aromatic rings. The molecule has 0 aliphatic heterocycles. The molecule has 4 rings (SSSR count). The Bertz CT molecular complexity index is 1040. The average molecular weight is 464 g/mol. The number of rotatable bonds is 12. The highest BCUT2D eigenvalue weighted by molar-refractivity contribution is 5.46. The van der Waals surface area contributed by atoms with E-state index in [1.807, 2.05) is 59.3 Å². The van der Waals surface area contributed by atoms with Crippen LogP contribution < -0.4 is 9.47 Å². The second-order valence-electron chi connectivity index (χ2n) is 9.45. The number of methoxy groups -OCH3 is 1. The average Bonchev–Trinajstić information content (AvgIpc) is 3.63. The molecule has 34 heavy (non-hydrogen) atoms. The molecule has 0 spiro atoms. The molecule has 6 nitrogen and oxygen atoms in total. The summed E-state index contributed by atoms with van der Waals surface area (Å²) < 4.78 is 13.8. The summed E-state index contributed by atoms with van der Waals surface area (Å²) in [5.41, 5.74) is 3.03. The van der Waals surface area contributed by atoms with Crippen LogP contribution in [0.1, 0.15) is 63.6 Å². The summed E-state index contributed by atoms with van der Waals surface area (Å²) in [5.74, 6) is 2.54. The number of hydrogen-bond donors (Lipinski definition) is 1. The highest BCUT2D eigenvalue weighted by Crippen LogP contribution is 2.37. The van der Waals surface area contributed by atoms with Gasteiger partial charge in [-0.25, -0.2) is 4.68 Å². The summed E-state index contributed by atoms with van der Waals surface area (Å²) in [4.78, 5) is 2.42. The minimum absolute atomic E-state index is 0.231. The fraction of sp³-hybridized carbons (Fsp3) is 0.464. The van der Waals surface area contributed by atoms with E-state index in [1.165, 1.54) is 12.8 Å². The lowest BCUT2D eigenvalue weighted by atomic mass is 10.0. The number of para-hydroxylation sites is 1. The summed E-state index contributed by atoms with van der Waals surface area (Å²) >= 11 is 0. The van der Waals surface area contributed by atoms with E-state index in [-0.39, 0.29) is 12.0 Å². The van der Waals surface area contributed by atoms with Gasteiger partial charge in [0, 0.05) is 19.1 Å². The van der Waals surface area contributed by atoms with Crippen molar-refractivity contribution in [2.24, 2.45) is 0 Å². The van der Waals surface area contributed by atoms with Crippen molar-refractivity contribution in [3.05, 3.63) is 65.9 Å². The second kappa shape index (κ2) is 11.1. The van der Waals surface area contributed by atoms with Gasteiger partial charge in [-0.2, -0.15) is 5.10 Å². The van der Waals surface area contributed by atoms with Gasteiger partial charge in [-0.15, -0.1) is 0 Å². The van der Waals surface area contributed by atoms with Crippen molar-refractivity contribution in [1.82, 2.24) is 14.7 Å². The number of benzene rings is 2. The van der Waals surface area contributed by atoms with Crippen LogP contribution in [-0.4, -0.2) is 45.6 Å². The van der Waals surface area contributed by atoms with E-state index in [9.17, 15) is 5.11 Å². The van der Waals surface area contributed by atoms with Crippen molar-refractivity contribution in [3.63, 3.8) is 0 Å². The van der Waals surface area contributed by atoms with E-state index >= 15 is 0 Å². The normalized spacial score (nSPS) is 14.6. The van der Waals surface area contributed by atoms with Gasteiger partial charge < -0.3 is 14.6 Å². The van der Waals surface area contributed by atoms with Gasteiger partial charge in [0.05, 0.1) is 30.2 Å². The maximum atomic E-state index is 10.6. The lowest BCUT2D eigenvalue weighted by Crippen LogP contribution is -2.34. The molecule has 0 amide bonds. The predicted molar refractivity (Wildman–Crippen MR) is 135 cm³/mol. The highest BCUT2D eigenvalue weighted by atomic mass is 16.5. The van der Waals surface area contributed by atoms with E-state index in [2.05, 4.69) is 25.7 Å². The molecule has 0 radical (unpaired) electrons. The van der Waals surface area contributed by atoms with Gasteiger partial charge in [-0.3, -0.25) is 4.90 Å². The monoisotopic (exact) mass is 463 g/mol. The summed E-state index contributed by atoms with van der Waals surface area (Å²) in [6.07, 6.45) is 3.84. The topological polar surface area (TPSA) is 59.8 Å². The molecule has 1 aliphatic carbocycles. The van der Waals surface area contributed by atoms with Gasteiger partial charge in [-0.05, 0) is 61.6 Å². The molecule has 1 N–H and O–H groups in total. The molecule has 2 aromatic carbocycles. The smallest absolute Gasteiger partial charge is 0.227 e. The SMILES string of the molecule is CCC[C@H](O)CN(Cc1c(C(C)C)nn(-c2ccc(OC)cc2)c1Oc1ccccc1)C1CC1. The summed E-state index contributed by atoms with van der Waals surface area (Å²) in [6.45, 7) is 7.84. The molecular weight excluding hydrogens is 426 g/mol. The van der Waals surface area contributed by atoms with E-state index in [4.69, 9.17) is 14.6 Å². The third-order valence-corrected chi connectivity index (χ3v) is 6.28. The molecule has 1 atom stereocenters. The Hall–Kier alpha value is -2.83. The van der Waals surface area contributed by atoms with Crippen LogP contribution in [0.15, 0.2) is 54.6 Å². The molecule has 1 fully saturated rings.